The Balaban J connectivity index is 1.53. The number of piperidine rings is 1. The van der Waals surface area contributed by atoms with Crippen LogP contribution in [0.4, 0.5) is 0 Å². The molecule has 1 aromatic heterocycles. The van der Waals surface area contributed by atoms with Crippen molar-refractivity contribution < 1.29 is 4.79 Å². The molecule has 1 saturated carbocycles. The van der Waals surface area contributed by atoms with Gasteiger partial charge >= 0.3 is 0 Å². The van der Waals surface area contributed by atoms with Crippen molar-refractivity contribution in [1.82, 2.24) is 19.9 Å². The van der Waals surface area contributed by atoms with Gasteiger partial charge in [-0.05, 0) is 25.7 Å². The molecule has 1 amide bonds. The second-order valence-corrected chi connectivity index (χ2v) is 5.74. The third kappa shape index (κ3) is 2.80. The monoisotopic (exact) mass is 262 g/mol. The number of carbonyl (C=O) groups is 1. The third-order valence-electron chi connectivity index (χ3n) is 4.49. The summed E-state index contributed by atoms with van der Waals surface area (Å²) in [6, 6.07) is 0.366. The van der Waals surface area contributed by atoms with Crippen LogP contribution in [0.1, 0.15) is 51.0 Å². The molecule has 0 bridgehead atoms. The van der Waals surface area contributed by atoms with Gasteiger partial charge in [0.25, 0.3) is 0 Å². The average molecular weight is 262 g/mol. The van der Waals surface area contributed by atoms with Crippen LogP contribution < -0.4 is 0 Å². The summed E-state index contributed by atoms with van der Waals surface area (Å²) in [5.74, 6) is 0.694. The Hall–Kier alpha value is -1.39. The number of nitrogens with zero attached hydrogens (tertiary/aromatic N) is 4. The second kappa shape index (κ2) is 5.72. The second-order valence-electron chi connectivity index (χ2n) is 5.74. The van der Waals surface area contributed by atoms with Crippen molar-refractivity contribution in [3.8, 4) is 0 Å². The Bertz CT molecular complexity index is 403. The number of carbonyl (C=O) groups excluding carboxylic acids is 1. The molecule has 0 spiro atoms. The third-order valence-corrected chi connectivity index (χ3v) is 4.49. The summed E-state index contributed by atoms with van der Waals surface area (Å²) in [5, 5.41) is 8.40. The van der Waals surface area contributed by atoms with Crippen molar-refractivity contribution >= 4 is 5.91 Å². The van der Waals surface area contributed by atoms with E-state index in [9.17, 15) is 4.79 Å². The van der Waals surface area contributed by atoms with Crippen LogP contribution in [0.15, 0.2) is 12.4 Å². The van der Waals surface area contributed by atoms with Crippen molar-refractivity contribution in [2.45, 2.75) is 51.0 Å². The molecule has 2 aliphatic rings. The number of amides is 1. The van der Waals surface area contributed by atoms with Gasteiger partial charge in [0, 0.05) is 19.0 Å². The largest absolute Gasteiger partial charge is 0.342 e. The first-order valence-corrected chi connectivity index (χ1v) is 7.49. The van der Waals surface area contributed by atoms with E-state index in [1.165, 1.54) is 19.3 Å². The lowest BCUT2D eigenvalue weighted by atomic mass is 9.87. The highest BCUT2D eigenvalue weighted by molar-refractivity contribution is 5.79. The summed E-state index contributed by atoms with van der Waals surface area (Å²) >= 11 is 0. The minimum atomic E-state index is 0.299. The maximum absolute atomic E-state index is 12.4. The Morgan fingerprint density at radius 3 is 2.21 bits per heavy atom. The van der Waals surface area contributed by atoms with Crippen molar-refractivity contribution in [3.63, 3.8) is 0 Å². The van der Waals surface area contributed by atoms with Crippen LogP contribution in [-0.4, -0.2) is 38.9 Å². The first kappa shape index (κ1) is 12.6. The molecule has 0 aromatic carbocycles. The molecular formula is C14H22N4O. The average Bonchev–Trinajstić information content (AvgIpc) is 3.02. The molecule has 1 aliphatic heterocycles. The van der Waals surface area contributed by atoms with E-state index in [4.69, 9.17) is 0 Å². The first-order valence-electron chi connectivity index (χ1n) is 7.49. The molecule has 0 N–H and O–H groups in total. The maximum Gasteiger partial charge on any atom is 0.225 e. The molecule has 0 radical (unpaired) electrons. The van der Waals surface area contributed by atoms with Gasteiger partial charge in [-0.1, -0.05) is 19.3 Å². The van der Waals surface area contributed by atoms with Crippen LogP contribution in [0.25, 0.3) is 0 Å². The summed E-state index contributed by atoms with van der Waals surface area (Å²) in [5.41, 5.74) is 0. The van der Waals surface area contributed by atoms with Gasteiger partial charge in [-0.25, -0.2) is 0 Å². The molecule has 2 fully saturated rings. The van der Waals surface area contributed by atoms with E-state index in [1.54, 1.807) is 17.2 Å². The molecule has 19 heavy (non-hydrogen) atoms. The zero-order valence-corrected chi connectivity index (χ0v) is 11.4. The minimum Gasteiger partial charge on any atom is -0.342 e. The van der Waals surface area contributed by atoms with Crippen LogP contribution in [0.5, 0.6) is 0 Å². The zero-order chi connectivity index (χ0) is 13.1. The fraction of sp³-hybridized carbons (Fsp3) is 0.786. The molecule has 5 nitrogen and oxygen atoms in total. The SMILES string of the molecule is O=C(C1CCCCC1)N1CCC(n2nccn2)CC1. The van der Waals surface area contributed by atoms with E-state index in [2.05, 4.69) is 15.1 Å². The van der Waals surface area contributed by atoms with Gasteiger partial charge in [-0.15, -0.1) is 0 Å². The summed E-state index contributed by atoms with van der Waals surface area (Å²) in [6.07, 6.45) is 11.4. The van der Waals surface area contributed by atoms with Gasteiger partial charge in [0.05, 0.1) is 18.4 Å². The highest BCUT2D eigenvalue weighted by Gasteiger charge is 2.29. The lowest BCUT2D eigenvalue weighted by Gasteiger charge is -2.34. The minimum absolute atomic E-state index is 0.299. The molecule has 0 atom stereocenters. The number of likely N-dealkylation sites (tertiary alicyclic amines) is 1. The summed E-state index contributed by atoms with van der Waals surface area (Å²) in [7, 11) is 0. The van der Waals surface area contributed by atoms with Crippen LogP contribution in [0, 0.1) is 5.92 Å². The van der Waals surface area contributed by atoms with Gasteiger partial charge in [0.1, 0.15) is 0 Å². The lowest BCUT2D eigenvalue weighted by Crippen LogP contribution is -2.42. The normalized spacial score (nSPS) is 22.6. The van der Waals surface area contributed by atoms with Crippen molar-refractivity contribution in [3.05, 3.63) is 12.4 Å². The van der Waals surface area contributed by atoms with E-state index in [-0.39, 0.29) is 0 Å². The zero-order valence-electron chi connectivity index (χ0n) is 11.4. The van der Waals surface area contributed by atoms with Gasteiger partial charge in [0.15, 0.2) is 0 Å². The smallest absolute Gasteiger partial charge is 0.225 e. The lowest BCUT2D eigenvalue weighted by molar-refractivity contribution is -0.138. The maximum atomic E-state index is 12.4. The quantitative estimate of drug-likeness (QED) is 0.819. The Morgan fingerprint density at radius 1 is 0.947 bits per heavy atom. The van der Waals surface area contributed by atoms with Crippen molar-refractivity contribution in [2.24, 2.45) is 5.92 Å². The molecule has 1 aromatic rings. The molecule has 104 valence electrons. The van der Waals surface area contributed by atoms with Crippen LogP contribution in [0.2, 0.25) is 0 Å². The highest BCUT2D eigenvalue weighted by atomic mass is 16.2. The molecule has 3 rings (SSSR count). The predicted molar refractivity (Wildman–Crippen MR) is 71.4 cm³/mol. The van der Waals surface area contributed by atoms with Crippen LogP contribution in [0.3, 0.4) is 0 Å². The van der Waals surface area contributed by atoms with E-state index in [0.29, 0.717) is 17.9 Å². The number of hydrogen-bond donors (Lipinski definition) is 0. The molecule has 2 heterocycles. The molecule has 0 unspecified atom stereocenters. The Morgan fingerprint density at radius 2 is 1.58 bits per heavy atom. The topological polar surface area (TPSA) is 51.0 Å². The van der Waals surface area contributed by atoms with Crippen LogP contribution in [-0.2, 0) is 4.79 Å². The summed E-state index contributed by atoms with van der Waals surface area (Å²) in [4.78, 5) is 16.3. The fourth-order valence-corrected chi connectivity index (χ4v) is 3.34. The first-order chi connectivity index (χ1) is 9.34. The van der Waals surface area contributed by atoms with Crippen molar-refractivity contribution in [2.75, 3.05) is 13.1 Å². The van der Waals surface area contributed by atoms with Gasteiger partial charge in [-0.3, -0.25) is 4.79 Å². The summed E-state index contributed by atoms with van der Waals surface area (Å²) in [6.45, 7) is 1.73. The number of aromatic nitrogens is 3. The number of rotatable bonds is 2. The van der Waals surface area contributed by atoms with E-state index >= 15 is 0 Å². The summed E-state index contributed by atoms with van der Waals surface area (Å²) < 4.78 is 0. The number of hydrogen-bond acceptors (Lipinski definition) is 3. The Kier molecular flexibility index (Phi) is 3.80. The molecular weight excluding hydrogens is 240 g/mol. The fourth-order valence-electron chi connectivity index (χ4n) is 3.34. The van der Waals surface area contributed by atoms with Gasteiger partial charge in [0.2, 0.25) is 5.91 Å². The molecule has 5 heteroatoms. The van der Waals surface area contributed by atoms with E-state index < -0.39 is 0 Å². The predicted octanol–water partition coefficient (Wildman–Crippen LogP) is 2.02. The highest BCUT2D eigenvalue weighted by Crippen LogP contribution is 2.28. The van der Waals surface area contributed by atoms with Crippen LogP contribution >= 0.6 is 0 Å². The Labute approximate surface area is 114 Å². The standard InChI is InChI=1S/C14H22N4O/c19-14(12-4-2-1-3-5-12)17-10-6-13(7-11-17)18-15-8-9-16-18/h8-9,12-13H,1-7,10-11H2. The molecule has 1 aliphatic carbocycles. The van der Waals surface area contributed by atoms with Crippen molar-refractivity contribution in [1.29, 1.82) is 0 Å². The van der Waals surface area contributed by atoms with E-state index in [0.717, 1.165) is 38.8 Å². The van der Waals surface area contributed by atoms with Gasteiger partial charge < -0.3 is 4.90 Å². The molecule has 1 saturated heterocycles. The van der Waals surface area contributed by atoms with E-state index in [1.807, 2.05) is 0 Å². The van der Waals surface area contributed by atoms with Gasteiger partial charge in [-0.2, -0.15) is 15.0 Å².